The van der Waals surface area contributed by atoms with Gasteiger partial charge in [-0.2, -0.15) is 0 Å². The maximum atomic E-state index is 7.67. The van der Waals surface area contributed by atoms with Crippen molar-refractivity contribution in [1.29, 1.82) is 0 Å². The van der Waals surface area contributed by atoms with E-state index < -0.39 is 0 Å². The Labute approximate surface area is 102 Å². The minimum Gasteiger partial charge on any atom is -0.672 e. The van der Waals surface area contributed by atoms with Gasteiger partial charge in [0.05, 0.1) is 0 Å². The fraction of sp³-hybridized carbons (Fsp3) is 1.00. The van der Waals surface area contributed by atoms with Gasteiger partial charge in [-0.3, -0.25) is 0 Å². The molecule has 0 aliphatic heterocycles. The first-order valence-corrected chi connectivity index (χ1v) is 6.57. The Kier molecular flexibility index (Phi) is 12.1. The Hall–Kier alpha value is 0.500. The van der Waals surface area contributed by atoms with Gasteiger partial charge in [-0.05, 0) is 0 Å². The standard InChI is InChI=1S/C7H16N.C4H9N.Nb/c1-4-7(8,5-2)6-3;1-3-4(2)5;/h8H,4-6H2,1-3H3;4H,3H2,1-2H3;/q-1;;. The summed E-state index contributed by atoms with van der Waals surface area (Å²) < 4.78 is 4.06. The zero-order valence-corrected chi connectivity index (χ0v) is 12.5. The van der Waals surface area contributed by atoms with E-state index in [1.807, 2.05) is 0 Å². The third-order valence-electron chi connectivity index (χ3n) is 2.82. The number of rotatable bonds is 5. The Morgan fingerprint density at radius 1 is 1.14 bits per heavy atom. The molecule has 1 unspecified atom stereocenters. The molecule has 0 saturated carbocycles. The normalized spacial score (nSPS) is 12.6. The SMILES string of the molecule is CCC(C)[N]=[Nb].CCC([NH-])(CC)CC. The van der Waals surface area contributed by atoms with Crippen LogP contribution in [0.15, 0.2) is 3.34 Å². The Bertz CT molecular complexity index is 125. The van der Waals surface area contributed by atoms with Gasteiger partial charge in [0.2, 0.25) is 0 Å². The summed E-state index contributed by atoms with van der Waals surface area (Å²) in [6.07, 6.45) is 4.13. The molecule has 0 bridgehead atoms. The molecular formula is C11H25N2Nb-. The van der Waals surface area contributed by atoms with Crippen molar-refractivity contribution >= 4 is 0 Å². The van der Waals surface area contributed by atoms with Crippen molar-refractivity contribution in [2.75, 3.05) is 0 Å². The molecule has 0 aliphatic rings. The van der Waals surface area contributed by atoms with Crippen LogP contribution in [0.5, 0.6) is 0 Å². The maximum Gasteiger partial charge on any atom is -0.0665 e. The van der Waals surface area contributed by atoms with Crippen LogP contribution in [0.3, 0.4) is 0 Å². The maximum absolute atomic E-state index is 7.67. The molecule has 0 spiro atoms. The third kappa shape index (κ3) is 9.07. The molecule has 14 heavy (non-hydrogen) atoms. The predicted octanol–water partition coefficient (Wildman–Crippen LogP) is 4.52. The van der Waals surface area contributed by atoms with Crippen LogP contribution in [0.1, 0.15) is 60.3 Å². The molecular weight excluding hydrogens is 253 g/mol. The van der Waals surface area contributed by atoms with Crippen LogP contribution >= 0.6 is 0 Å². The fourth-order valence-corrected chi connectivity index (χ4v) is 1.23. The van der Waals surface area contributed by atoms with Crippen LogP contribution in [-0.4, -0.2) is 11.6 Å². The molecule has 0 saturated heterocycles. The molecule has 0 aromatic heterocycles. The molecule has 0 amide bonds. The molecule has 0 aliphatic carbocycles. The van der Waals surface area contributed by atoms with Gasteiger partial charge in [0, 0.05) is 0 Å². The second-order valence-electron chi connectivity index (χ2n) is 3.71. The number of nitrogens with one attached hydrogen (secondary N) is 1. The molecule has 3 heteroatoms. The monoisotopic (exact) mass is 278 g/mol. The number of hydrogen-bond acceptors (Lipinski definition) is 1. The first-order valence-electron chi connectivity index (χ1n) is 5.58. The topological polar surface area (TPSA) is 36.2 Å². The molecule has 1 N–H and O–H groups in total. The van der Waals surface area contributed by atoms with Crippen molar-refractivity contribution in [3.8, 4) is 0 Å². The molecule has 85 valence electrons. The van der Waals surface area contributed by atoms with E-state index in [9.17, 15) is 0 Å². The molecule has 0 aromatic carbocycles. The van der Waals surface area contributed by atoms with Crippen molar-refractivity contribution in [1.82, 2.24) is 0 Å². The second kappa shape index (κ2) is 10.0. The summed E-state index contributed by atoms with van der Waals surface area (Å²) in [6, 6.07) is 0.582. The van der Waals surface area contributed by atoms with Crippen LogP contribution in [0.25, 0.3) is 5.73 Å². The van der Waals surface area contributed by atoms with Gasteiger partial charge in [-0.1, -0.05) is 40.0 Å². The average Bonchev–Trinajstić information content (AvgIpc) is 2.27. The van der Waals surface area contributed by atoms with E-state index in [4.69, 9.17) is 5.73 Å². The van der Waals surface area contributed by atoms with E-state index in [0.29, 0.717) is 6.04 Å². The van der Waals surface area contributed by atoms with Crippen LogP contribution in [-0.2, 0) is 20.9 Å². The number of hydrogen-bond donors (Lipinski definition) is 0. The van der Waals surface area contributed by atoms with E-state index in [0.717, 1.165) is 19.3 Å². The molecule has 0 heterocycles. The van der Waals surface area contributed by atoms with E-state index >= 15 is 0 Å². The summed E-state index contributed by atoms with van der Waals surface area (Å²) in [7, 11) is 0. The predicted molar refractivity (Wildman–Crippen MR) is 60.1 cm³/mol. The van der Waals surface area contributed by atoms with Gasteiger partial charge in [0.25, 0.3) is 0 Å². The molecule has 2 nitrogen and oxygen atoms in total. The van der Waals surface area contributed by atoms with Gasteiger partial charge >= 0.3 is 50.5 Å². The van der Waals surface area contributed by atoms with E-state index in [2.05, 4.69) is 38.0 Å². The van der Waals surface area contributed by atoms with Gasteiger partial charge in [0.15, 0.2) is 0 Å². The van der Waals surface area contributed by atoms with Crippen LogP contribution in [0.4, 0.5) is 0 Å². The van der Waals surface area contributed by atoms with E-state index in [1.54, 1.807) is 20.9 Å². The van der Waals surface area contributed by atoms with Crippen LogP contribution in [0.2, 0.25) is 0 Å². The van der Waals surface area contributed by atoms with Crippen molar-refractivity contribution in [3.05, 3.63) is 5.73 Å². The molecule has 0 rings (SSSR count). The smallest absolute Gasteiger partial charge is 0.0665 e. The summed E-state index contributed by atoms with van der Waals surface area (Å²) in [5.74, 6) is 0. The average molecular weight is 278 g/mol. The Morgan fingerprint density at radius 2 is 1.50 bits per heavy atom. The van der Waals surface area contributed by atoms with Crippen molar-refractivity contribution in [2.45, 2.75) is 71.9 Å². The quantitative estimate of drug-likeness (QED) is 0.663. The van der Waals surface area contributed by atoms with Crippen molar-refractivity contribution in [3.63, 3.8) is 0 Å². The van der Waals surface area contributed by atoms with E-state index in [1.165, 1.54) is 6.42 Å². The fourth-order valence-electron chi connectivity index (χ4n) is 0.832. The summed E-state index contributed by atoms with van der Waals surface area (Å²) in [5, 5.41) is 0. The molecule has 0 fully saturated rings. The van der Waals surface area contributed by atoms with Crippen LogP contribution < -0.4 is 0 Å². The summed E-state index contributed by atoms with van der Waals surface area (Å²) in [6.45, 7) is 10.5. The van der Waals surface area contributed by atoms with Gasteiger partial charge in [0.1, 0.15) is 0 Å². The van der Waals surface area contributed by atoms with Gasteiger partial charge in [-0.25, -0.2) is 0 Å². The van der Waals surface area contributed by atoms with Crippen LogP contribution in [0, 0.1) is 0 Å². The molecule has 0 aromatic rings. The summed E-state index contributed by atoms with van der Waals surface area (Å²) in [4.78, 5) is 0. The Morgan fingerprint density at radius 3 is 1.50 bits per heavy atom. The Balaban J connectivity index is 0. The minimum absolute atomic E-state index is 0.125. The molecule has 0 radical (unpaired) electrons. The largest absolute Gasteiger partial charge is 0.672 e. The van der Waals surface area contributed by atoms with Gasteiger partial charge < -0.3 is 5.73 Å². The van der Waals surface area contributed by atoms with Crippen molar-refractivity contribution < 1.29 is 20.9 Å². The summed E-state index contributed by atoms with van der Waals surface area (Å²) >= 11 is 1.55. The van der Waals surface area contributed by atoms with E-state index in [-0.39, 0.29) is 5.54 Å². The van der Waals surface area contributed by atoms with Crippen molar-refractivity contribution in [2.24, 2.45) is 3.34 Å². The third-order valence-corrected chi connectivity index (χ3v) is 3.79. The second-order valence-corrected chi connectivity index (χ2v) is 4.28. The zero-order valence-electron chi connectivity index (χ0n) is 10.3. The van der Waals surface area contributed by atoms with Gasteiger partial charge in [-0.15, -0.1) is 5.54 Å². The zero-order chi connectivity index (χ0) is 11.6. The first kappa shape index (κ1) is 16.9. The summed E-state index contributed by atoms with van der Waals surface area (Å²) in [5.41, 5.74) is 7.54. The minimum atomic E-state index is -0.125. The number of nitrogens with zero attached hydrogens (tertiary/aromatic N) is 1. The molecule has 1 atom stereocenters. The first-order chi connectivity index (χ1) is 6.49.